The van der Waals surface area contributed by atoms with Crippen LogP contribution in [0.3, 0.4) is 0 Å². The number of nitrogens with zero attached hydrogens (tertiary/aromatic N) is 1. The summed E-state index contributed by atoms with van der Waals surface area (Å²) in [4.78, 5) is 2.78. The molecule has 0 radical (unpaired) electrons. The lowest BCUT2D eigenvalue weighted by atomic mass is 10.1. The van der Waals surface area contributed by atoms with Gasteiger partial charge in [-0.05, 0) is 6.07 Å². The van der Waals surface area contributed by atoms with Crippen molar-refractivity contribution in [3.8, 4) is 6.07 Å². The number of hydrogen-bond acceptors (Lipinski definition) is 2. The summed E-state index contributed by atoms with van der Waals surface area (Å²) < 4.78 is 0. The molecule has 0 saturated carbocycles. The molecule has 3 heteroatoms. The van der Waals surface area contributed by atoms with Gasteiger partial charge in [-0.3, -0.25) is 0 Å². The highest BCUT2D eigenvalue weighted by Gasteiger charge is 2.07. The van der Waals surface area contributed by atoms with Gasteiger partial charge in [0, 0.05) is 11.8 Å². The first-order chi connectivity index (χ1) is 5.29. The van der Waals surface area contributed by atoms with Gasteiger partial charge in [0.25, 0.3) is 0 Å². The normalized spacial score (nSPS) is 12.0. The maximum atomic E-state index is 8.58. The lowest BCUT2D eigenvalue weighted by Crippen LogP contribution is -2.06. The Kier molecular flexibility index (Phi) is 2.09. The number of nitrogens with two attached hydrogens (primary N) is 1. The summed E-state index contributed by atoms with van der Waals surface area (Å²) in [6, 6.07) is 3.54. The van der Waals surface area contributed by atoms with Crippen LogP contribution in [0.1, 0.15) is 17.3 Å². The van der Waals surface area contributed by atoms with E-state index >= 15 is 0 Å². The molecule has 0 aliphatic rings. The van der Waals surface area contributed by atoms with E-state index in [0.717, 1.165) is 5.56 Å². The average molecular weight is 147 g/mol. The number of nitrogens with one attached hydrogen (secondary N) is 1. The van der Waals surface area contributed by atoms with Crippen molar-refractivity contribution in [3.63, 3.8) is 0 Å². The third kappa shape index (κ3) is 1.31. The Morgan fingerprint density at radius 2 is 2.55 bits per heavy atom. The fraction of sp³-hybridized carbons (Fsp3) is 0.125. The molecule has 0 amide bonds. The van der Waals surface area contributed by atoms with Crippen LogP contribution >= 0.6 is 0 Å². The van der Waals surface area contributed by atoms with Crippen molar-refractivity contribution in [2.24, 2.45) is 5.73 Å². The Balaban J connectivity index is 3.04. The maximum Gasteiger partial charge on any atom is 0.122 e. The molecular weight excluding hydrogens is 138 g/mol. The largest absolute Gasteiger partial charge is 0.353 e. The Bertz CT molecular complexity index is 293. The maximum absolute atomic E-state index is 8.58. The molecule has 0 fully saturated rings. The van der Waals surface area contributed by atoms with Gasteiger partial charge >= 0.3 is 0 Å². The molecule has 11 heavy (non-hydrogen) atoms. The van der Waals surface area contributed by atoms with Crippen LogP contribution in [0.5, 0.6) is 0 Å². The summed E-state index contributed by atoms with van der Waals surface area (Å²) in [5.41, 5.74) is 6.93. The number of aromatic amines is 1. The molecule has 1 rings (SSSR count). The summed E-state index contributed by atoms with van der Waals surface area (Å²) in [6.07, 6.45) is 3.29. The summed E-state index contributed by atoms with van der Waals surface area (Å²) in [5.74, 6) is 0. The summed E-state index contributed by atoms with van der Waals surface area (Å²) in [7, 11) is 0. The van der Waals surface area contributed by atoms with Gasteiger partial charge in [0.05, 0.1) is 6.04 Å². The number of aromatic nitrogens is 1. The van der Waals surface area contributed by atoms with Gasteiger partial charge in [-0.25, -0.2) is 0 Å². The molecule has 0 saturated heterocycles. The van der Waals surface area contributed by atoms with Crippen LogP contribution in [-0.2, 0) is 0 Å². The number of H-pyrrole nitrogens is 1. The smallest absolute Gasteiger partial charge is 0.122 e. The molecule has 0 aliphatic heterocycles. The second-order valence-electron chi connectivity index (χ2n) is 2.18. The first kappa shape index (κ1) is 7.58. The zero-order valence-electron chi connectivity index (χ0n) is 6.04. The Morgan fingerprint density at radius 3 is 3.09 bits per heavy atom. The highest BCUT2D eigenvalue weighted by Crippen LogP contribution is 2.14. The predicted molar refractivity (Wildman–Crippen MR) is 42.6 cm³/mol. The topological polar surface area (TPSA) is 65.6 Å². The van der Waals surface area contributed by atoms with Crippen LogP contribution in [0, 0.1) is 11.3 Å². The van der Waals surface area contributed by atoms with Crippen LogP contribution in [0.15, 0.2) is 24.9 Å². The summed E-state index contributed by atoms with van der Waals surface area (Å²) in [6.45, 7) is 3.54. The van der Waals surface area contributed by atoms with E-state index in [-0.39, 0.29) is 6.04 Å². The van der Waals surface area contributed by atoms with Crippen molar-refractivity contribution in [2.75, 3.05) is 0 Å². The van der Waals surface area contributed by atoms with Gasteiger partial charge in [-0.15, -0.1) is 6.58 Å². The fourth-order valence-electron chi connectivity index (χ4n) is 0.883. The van der Waals surface area contributed by atoms with Gasteiger partial charge in [-0.2, -0.15) is 5.26 Å². The number of nitriles is 1. The van der Waals surface area contributed by atoms with E-state index in [1.54, 1.807) is 18.3 Å². The molecule has 56 valence electrons. The predicted octanol–water partition coefficient (Wildman–Crippen LogP) is 1.07. The standard InChI is InChI=1S/C8H9N3/c1-2-7(10)6-3-4-11-8(6)5-9/h2-4,7,11H,1,10H2. The molecule has 1 atom stereocenters. The van der Waals surface area contributed by atoms with E-state index < -0.39 is 0 Å². The third-order valence-corrected chi connectivity index (χ3v) is 1.50. The lowest BCUT2D eigenvalue weighted by molar-refractivity contribution is 0.911. The Labute approximate surface area is 65.1 Å². The first-order valence-electron chi connectivity index (χ1n) is 3.25. The molecule has 0 aromatic carbocycles. The van der Waals surface area contributed by atoms with E-state index in [4.69, 9.17) is 11.0 Å². The van der Waals surface area contributed by atoms with E-state index in [0.29, 0.717) is 5.69 Å². The van der Waals surface area contributed by atoms with Crippen LogP contribution < -0.4 is 5.73 Å². The van der Waals surface area contributed by atoms with Crippen molar-refractivity contribution in [3.05, 3.63) is 36.2 Å². The van der Waals surface area contributed by atoms with Crippen LogP contribution in [0.2, 0.25) is 0 Å². The molecule has 1 aromatic heterocycles. The van der Waals surface area contributed by atoms with Gasteiger partial charge in [0.15, 0.2) is 0 Å². The molecule has 0 spiro atoms. The number of rotatable bonds is 2. The quantitative estimate of drug-likeness (QED) is 0.614. The van der Waals surface area contributed by atoms with Crippen LogP contribution in [0.25, 0.3) is 0 Å². The minimum Gasteiger partial charge on any atom is -0.353 e. The van der Waals surface area contributed by atoms with Gasteiger partial charge in [0.1, 0.15) is 11.8 Å². The third-order valence-electron chi connectivity index (χ3n) is 1.50. The lowest BCUT2D eigenvalue weighted by Gasteiger charge is -2.01. The monoisotopic (exact) mass is 147 g/mol. The Hall–Kier alpha value is -1.53. The highest BCUT2D eigenvalue weighted by atomic mass is 14.7. The zero-order chi connectivity index (χ0) is 8.27. The van der Waals surface area contributed by atoms with E-state index in [2.05, 4.69) is 11.6 Å². The molecule has 0 aliphatic carbocycles. The Morgan fingerprint density at radius 1 is 1.82 bits per heavy atom. The molecule has 1 heterocycles. The van der Waals surface area contributed by atoms with Gasteiger partial charge < -0.3 is 10.7 Å². The first-order valence-corrected chi connectivity index (χ1v) is 3.25. The minimum atomic E-state index is -0.254. The van der Waals surface area contributed by atoms with Crippen molar-refractivity contribution in [2.45, 2.75) is 6.04 Å². The van der Waals surface area contributed by atoms with Crippen LogP contribution in [0.4, 0.5) is 0 Å². The van der Waals surface area contributed by atoms with Gasteiger partial charge in [0.2, 0.25) is 0 Å². The van der Waals surface area contributed by atoms with E-state index in [1.807, 2.05) is 6.07 Å². The second-order valence-corrected chi connectivity index (χ2v) is 2.18. The second kappa shape index (κ2) is 3.04. The van der Waals surface area contributed by atoms with Crippen molar-refractivity contribution < 1.29 is 0 Å². The van der Waals surface area contributed by atoms with Crippen molar-refractivity contribution in [1.82, 2.24) is 4.98 Å². The molecular formula is C8H9N3. The van der Waals surface area contributed by atoms with Crippen LogP contribution in [-0.4, -0.2) is 4.98 Å². The SMILES string of the molecule is C=CC(N)c1cc[nH]c1C#N. The molecule has 3 N–H and O–H groups in total. The summed E-state index contributed by atoms with van der Waals surface area (Å²) >= 11 is 0. The minimum absolute atomic E-state index is 0.254. The summed E-state index contributed by atoms with van der Waals surface area (Å²) in [5, 5.41) is 8.58. The van der Waals surface area contributed by atoms with Crippen molar-refractivity contribution in [1.29, 1.82) is 5.26 Å². The fourth-order valence-corrected chi connectivity index (χ4v) is 0.883. The average Bonchev–Trinajstić information content (AvgIpc) is 2.50. The van der Waals surface area contributed by atoms with E-state index in [1.165, 1.54) is 0 Å². The molecule has 1 aromatic rings. The number of hydrogen-bond donors (Lipinski definition) is 2. The molecule has 0 bridgehead atoms. The van der Waals surface area contributed by atoms with Crippen molar-refractivity contribution >= 4 is 0 Å². The molecule has 3 nitrogen and oxygen atoms in total. The molecule has 1 unspecified atom stereocenters. The highest BCUT2D eigenvalue weighted by molar-refractivity contribution is 5.35. The van der Waals surface area contributed by atoms with Gasteiger partial charge in [-0.1, -0.05) is 6.08 Å². The zero-order valence-corrected chi connectivity index (χ0v) is 6.04. The van der Waals surface area contributed by atoms with E-state index in [9.17, 15) is 0 Å².